The van der Waals surface area contributed by atoms with Crippen LogP contribution in [0.15, 0.2) is 52.4 Å². The lowest BCUT2D eigenvalue weighted by molar-refractivity contribution is -0.124. The van der Waals surface area contributed by atoms with Gasteiger partial charge in [0.15, 0.2) is 5.17 Å². The van der Waals surface area contributed by atoms with Crippen LogP contribution < -0.4 is 4.74 Å². The number of thioether (sulfide) groups is 1. The molecular weight excluding hydrogens is 634 g/mol. The fourth-order valence-corrected chi connectivity index (χ4v) is 7.46. The Labute approximate surface area is 215 Å². The molecule has 7 heteroatoms. The smallest absolute Gasteiger partial charge is 0.267 e. The topological polar surface area (TPSA) is 41.9 Å². The van der Waals surface area contributed by atoms with E-state index in [1.165, 1.54) is 18.2 Å². The van der Waals surface area contributed by atoms with Crippen molar-refractivity contribution in [3.8, 4) is 5.75 Å². The average Bonchev–Trinajstić information content (AvgIpc) is 3.03. The molecular formula is C24H24I2N2O2S. The molecule has 1 heterocycles. The van der Waals surface area contributed by atoms with Gasteiger partial charge in [0.25, 0.3) is 5.91 Å². The molecule has 1 aliphatic carbocycles. The molecule has 0 spiro atoms. The number of hydrogen-bond donors (Lipinski definition) is 0. The van der Waals surface area contributed by atoms with Crippen molar-refractivity contribution in [3.05, 3.63) is 60.1 Å². The van der Waals surface area contributed by atoms with Gasteiger partial charge in [-0.2, -0.15) is 0 Å². The summed E-state index contributed by atoms with van der Waals surface area (Å²) in [4.78, 5) is 21.1. The normalized spacial score (nSPS) is 24.3. The van der Waals surface area contributed by atoms with Gasteiger partial charge in [0.1, 0.15) is 5.75 Å². The van der Waals surface area contributed by atoms with Crippen molar-refractivity contribution in [2.75, 3.05) is 7.11 Å². The molecule has 2 aliphatic rings. The third-order valence-corrected chi connectivity index (χ3v) is 8.32. The standard InChI is InChI=1S/C24H24I2N2O2S/c1-15-8-6-7-11-20(15)28-23(29)21(31-24(28)27-17-9-4-3-5-10-17)14-16-12-18(25)22(30-2)19(26)13-16/h3-5,9-10,12-15,20H,6-8,11H2,1-2H3/b21-14-,27-24?/t15-,20+/m0/s1. The van der Waals surface area contributed by atoms with Crippen LogP contribution in [0.3, 0.4) is 0 Å². The van der Waals surface area contributed by atoms with Gasteiger partial charge in [-0.3, -0.25) is 9.69 Å². The van der Waals surface area contributed by atoms with E-state index in [0.717, 1.165) is 53.5 Å². The van der Waals surface area contributed by atoms with E-state index < -0.39 is 0 Å². The Morgan fingerprint density at radius 2 is 1.81 bits per heavy atom. The van der Waals surface area contributed by atoms with Crippen LogP contribution in [-0.2, 0) is 4.79 Å². The quantitative estimate of drug-likeness (QED) is 0.261. The minimum atomic E-state index is 0.0688. The first-order valence-electron chi connectivity index (χ1n) is 10.4. The maximum atomic E-state index is 13.6. The molecule has 2 aromatic carbocycles. The lowest BCUT2D eigenvalue weighted by Crippen LogP contribution is -2.44. The Bertz CT molecular complexity index is 1020. The predicted octanol–water partition coefficient (Wildman–Crippen LogP) is 7.09. The second-order valence-electron chi connectivity index (χ2n) is 7.86. The summed E-state index contributed by atoms with van der Waals surface area (Å²) in [5.41, 5.74) is 1.88. The Balaban J connectivity index is 1.73. The molecule has 2 atom stereocenters. The highest BCUT2D eigenvalue weighted by Gasteiger charge is 2.41. The molecule has 0 N–H and O–H groups in total. The molecule has 0 unspecified atom stereocenters. The zero-order valence-electron chi connectivity index (χ0n) is 17.5. The monoisotopic (exact) mass is 658 g/mol. The number of aliphatic imine (C=N–C) groups is 1. The number of amides is 1. The Kier molecular flexibility index (Phi) is 7.64. The number of carbonyl (C=O) groups excluding carboxylic acids is 1. The van der Waals surface area contributed by atoms with Crippen molar-refractivity contribution in [1.29, 1.82) is 0 Å². The molecule has 2 fully saturated rings. The van der Waals surface area contributed by atoms with Gasteiger partial charge in [0.05, 0.1) is 24.8 Å². The van der Waals surface area contributed by atoms with Gasteiger partial charge in [-0.25, -0.2) is 4.99 Å². The van der Waals surface area contributed by atoms with E-state index in [4.69, 9.17) is 9.73 Å². The molecule has 0 aromatic heterocycles. The molecule has 0 bridgehead atoms. The summed E-state index contributed by atoms with van der Waals surface area (Å²) in [5, 5.41) is 0.791. The lowest BCUT2D eigenvalue weighted by Gasteiger charge is -2.35. The number of ether oxygens (including phenoxy) is 1. The van der Waals surface area contributed by atoms with E-state index in [2.05, 4.69) is 64.2 Å². The van der Waals surface area contributed by atoms with E-state index in [1.807, 2.05) is 41.3 Å². The van der Waals surface area contributed by atoms with Gasteiger partial charge in [0.2, 0.25) is 0 Å². The lowest BCUT2D eigenvalue weighted by atomic mass is 9.85. The number of halogens is 2. The van der Waals surface area contributed by atoms with Crippen LogP contribution in [0.25, 0.3) is 6.08 Å². The number of methoxy groups -OCH3 is 1. The predicted molar refractivity (Wildman–Crippen MR) is 146 cm³/mol. The number of para-hydroxylation sites is 1. The van der Waals surface area contributed by atoms with Gasteiger partial charge >= 0.3 is 0 Å². The van der Waals surface area contributed by atoms with Crippen LogP contribution in [-0.4, -0.2) is 29.1 Å². The fraction of sp³-hybridized carbons (Fsp3) is 0.333. The molecule has 4 rings (SSSR count). The van der Waals surface area contributed by atoms with Crippen LogP contribution in [0.5, 0.6) is 5.75 Å². The number of amidine groups is 1. The van der Waals surface area contributed by atoms with Crippen molar-refractivity contribution >= 4 is 79.8 Å². The van der Waals surface area contributed by atoms with Crippen LogP contribution in [0, 0.1) is 13.1 Å². The zero-order chi connectivity index (χ0) is 22.0. The summed E-state index contributed by atoms with van der Waals surface area (Å²) in [6.07, 6.45) is 6.59. The minimum absolute atomic E-state index is 0.0688. The highest BCUT2D eigenvalue weighted by molar-refractivity contribution is 14.1. The maximum Gasteiger partial charge on any atom is 0.267 e. The zero-order valence-corrected chi connectivity index (χ0v) is 22.6. The highest BCUT2D eigenvalue weighted by atomic mass is 127. The van der Waals surface area contributed by atoms with Crippen molar-refractivity contribution in [1.82, 2.24) is 4.90 Å². The Morgan fingerprint density at radius 3 is 2.45 bits per heavy atom. The van der Waals surface area contributed by atoms with Crippen LogP contribution in [0.2, 0.25) is 0 Å². The second-order valence-corrected chi connectivity index (χ2v) is 11.2. The number of benzene rings is 2. The van der Waals surface area contributed by atoms with Crippen molar-refractivity contribution in [2.24, 2.45) is 10.9 Å². The Morgan fingerprint density at radius 1 is 1.13 bits per heavy atom. The molecule has 1 aliphatic heterocycles. The van der Waals surface area contributed by atoms with Crippen molar-refractivity contribution < 1.29 is 9.53 Å². The number of carbonyl (C=O) groups is 1. The second kappa shape index (κ2) is 10.2. The minimum Gasteiger partial charge on any atom is -0.495 e. The van der Waals surface area contributed by atoms with Crippen molar-refractivity contribution in [3.63, 3.8) is 0 Å². The fourth-order valence-electron chi connectivity index (χ4n) is 4.16. The molecule has 31 heavy (non-hydrogen) atoms. The first kappa shape index (κ1) is 23.1. The molecule has 1 amide bonds. The van der Waals surface area contributed by atoms with E-state index >= 15 is 0 Å². The van der Waals surface area contributed by atoms with E-state index in [1.54, 1.807) is 7.11 Å². The summed E-state index contributed by atoms with van der Waals surface area (Å²) in [5.74, 6) is 1.42. The van der Waals surface area contributed by atoms with Crippen LogP contribution in [0.4, 0.5) is 5.69 Å². The maximum absolute atomic E-state index is 13.6. The summed E-state index contributed by atoms with van der Waals surface area (Å²) < 4.78 is 7.54. The first-order valence-corrected chi connectivity index (χ1v) is 13.3. The SMILES string of the molecule is COc1c(I)cc(/C=C2\SC(=Nc3ccccc3)N([C@@H]3CCCC[C@@H]3C)C2=O)cc1I. The summed E-state index contributed by atoms with van der Waals surface area (Å²) in [6, 6.07) is 14.2. The Hall–Kier alpha value is -1.07. The van der Waals surface area contributed by atoms with Gasteiger partial charge in [0, 0.05) is 6.04 Å². The molecule has 162 valence electrons. The van der Waals surface area contributed by atoms with Gasteiger partial charge < -0.3 is 4.74 Å². The van der Waals surface area contributed by atoms with E-state index in [-0.39, 0.29) is 11.9 Å². The van der Waals surface area contributed by atoms with E-state index in [0.29, 0.717) is 5.92 Å². The first-order chi connectivity index (χ1) is 15.0. The summed E-state index contributed by atoms with van der Waals surface area (Å²) in [6.45, 7) is 2.26. The van der Waals surface area contributed by atoms with Crippen LogP contribution >= 0.6 is 56.9 Å². The number of hydrogen-bond acceptors (Lipinski definition) is 4. The third-order valence-electron chi connectivity index (χ3n) is 5.74. The van der Waals surface area contributed by atoms with E-state index in [9.17, 15) is 4.79 Å². The highest BCUT2D eigenvalue weighted by Crippen LogP contribution is 2.40. The summed E-state index contributed by atoms with van der Waals surface area (Å²) in [7, 11) is 1.68. The van der Waals surface area contributed by atoms with Crippen molar-refractivity contribution in [2.45, 2.75) is 38.6 Å². The van der Waals surface area contributed by atoms with Crippen LogP contribution in [0.1, 0.15) is 38.2 Å². The number of rotatable bonds is 4. The molecule has 4 nitrogen and oxygen atoms in total. The molecule has 2 aromatic rings. The average molecular weight is 658 g/mol. The largest absolute Gasteiger partial charge is 0.495 e. The van der Waals surface area contributed by atoms with Gasteiger partial charge in [-0.05, 0) is 112 Å². The van der Waals surface area contributed by atoms with Gasteiger partial charge in [-0.15, -0.1) is 0 Å². The molecule has 1 saturated heterocycles. The molecule has 1 saturated carbocycles. The third kappa shape index (κ3) is 5.13. The molecule has 0 radical (unpaired) electrons. The van der Waals surface area contributed by atoms with Gasteiger partial charge in [-0.1, -0.05) is 38.0 Å². The summed E-state index contributed by atoms with van der Waals surface area (Å²) >= 11 is 6.04. The number of nitrogens with zero attached hydrogens (tertiary/aromatic N) is 2.